The van der Waals surface area contributed by atoms with Gasteiger partial charge in [0.1, 0.15) is 17.5 Å². The van der Waals surface area contributed by atoms with Crippen molar-refractivity contribution >= 4 is 40.5 Å². The van der Waals surface area contributed by atoms with E-state index in [9.17, 15) is 43.8 Å². The van der Waals surface area contributed by atoms with E-state index < -0.39 is 80.7 Å². The van der Waals surface area contributed by atoms with Crippen LogP contribution in [0.1, 0.15) is 115 Å². The van der Waals surface area contributed by atoms with E-state index in [1.165, 1.54) is 0 Å². The highest BCUT2D eigenvalue weighted by molar-refractivity contribution is 6.33. The number of hydrogen-bond acceptors (Lipinski definition) is 9. The monoisotopic (exact) mass is 668 g/mol. The van der Waals surface area contributed by atoms with Crippen LogP contribution in [0.2, 0.25) is 0 Å². The lowest BCUT2D eigenvalue weighted by Gasteiger charge is -2.62. The molecule has 2 fully saturated rings. The van der Waals surface area contributed by atoms with Crippen molar-refractivity contribution in [1.82, 2.24) is 0 Å². The molecule has 6 atom stereocenters. The van der Waals surface area contributed by atoms with Gasteiger partial charge in [0.25, 0.3) is 0 Å². The van der Waals surface area contributed by atoms with Crippen LogP contribution in [0.3, 0.4) is 0 Å². The van der Waals surface area contributed by atoms with Gasteiger partial charge in [-0.3, -0.25) is 33.6 Å². The second kappa shape index (κ2) is 11.8. The fourth-order valence-electron chi connectivity index (χ4n) is 10.1. The first kappa shape index (κ1) is 34.7. The molecule has 0 amide bonds. The Kier molecular flexibility index (Phi) is 8.33. The van der Waals surface area contributed by atoms with Gasteiger partial charge >= 0.3 is 0 Å². The first-order valence-corrected chi connectivity index (χ1v) is 17.4. The highest BCUT2D eigenvalue weighted by Gasteiger charge is 2.76. The van der Waals surface area contributed by atoms with Gasteiger partial charge in [-0.05, 0) is 67.1 Å². The van der Waals surface area contributed by atoms with E-state index in [2.05, 4.69) is 6.92 Å². The maximum absolute atomic E-state index is 14.7. The number of phenolic OH excluding ortho intramolecular Hbond substituents is 1. The van der Waals surface area contributed by atoms with Crippen molar-refractivity contribution in [3.8, 4) is 5.75 Å². The van der Waals surface area contributed by atoms with Crippen LogP contribution in [-0.4, -0.2) is 56.3 Å². The second-order valence-electron chi connectivity index (χ2n) is 15.7. The summed E-state index contributed by atoms with van der Waals surface area (Å²) in [7, 11) is 0. The molecule has 0 saturated heterocycles. The number of ketones is 7. The number of Topliss-reactive ketones (excluding diaryl/α,β-unsaturated/α-hetero) is 7. The van der Waals surface area contributed by atoms with Gasteiger partial charge in [-0.2, -0.15) is 0 Å². The van der Waals surface area contributed by atoms with Crippen LogP contribution < -0.4 is 0 Å². The molecule has 0 radical (unpaired) electrons. The van der Waals surface area contributed by atoms with Gasteiger partial charge in [0, 0.05) is 22.5 Å². The molecule has 0 spiro atoms. The summed E-state index contributed by atoms with van der Waals surface area (Å²) < 4.78 is 0. The molecule has 6 rings (SSSR count). The topological polar surface area (TPSA) is 160 Å². The van der Waals surface area contributed by atoms with E-state index in [4.69, 9.17) is 0 Å². The Labute approximate surface area is 285 Å². The van der Waals surface area contributed by atoms with Crippen molar-refractivity contribution in [2.24, 2.45) is 40.4 Å². The highest BCUT2D eigenvalue weighted by Crippen LogP contribution is 2.64. The van der Waals surface area contributed by atoms with E-state index in [0.717, 1.165) is 31.7 Å². The van der Waals surface area contributed by atoms with Crippen LogP contribution in [0.15, 0.2) is 30.3 Å². The van der Waals surface area contributed by atoms with Gasteiger partial charge in [-0.15, -0.1) is 0 Å². The van der Waals surface area contributed by atoms with Crippen molar-refractivity contribution in [1.29, 1.82) is 0 Å². The summed E-state index contributed by atoms with van der Waals surface area (Å²) >= 11 is 0. The smallest absolute Gasteiger partial charge is 0.190 e. The third-order valence-electron chi connectivity index (χ3n) is 12.1. The lowest BCUT2D eigenvalue weighted by Crippen LogP contribution is -2.76. The molecule has 9 heteroatoms. The Morgan fingerprint density at radius 2 is 1.53 bits per heavy atom. The number of carbonyl (C=O) groups excluding carboxylic acids is 7. The van der Waals surface area contributed by atoms with E-state index >= 15 is 0 Å². The Balaban J connectivity index is 1.50. The summed E-state index contributed by atoms with van der Waals surface area (Å²) in [6.45, 7) is 9.97. The Morgan fingerprint density at radius 3 is 2.08 bits per heavy atom. The maximum Gasteiger partial charge on any atom is 0.190 e. The number of fused-ring (bicyclic) bond motifs is 4. The summed E-state index contributed by atoms with van der Waals surface area (Å²) in [4.78, 5) is 96.5. The average molecular weight is 669 g/mol. The van der Waals surface area contributed by atoms with E-state index in [0.29, 0.717) is 23.1 Å². The van der Waals surface area contributed by atoms with Gasteiger partial charge in [-0.25, -0.2) is 0 Å². The molecule has 4 aliphatic rings. The lowest BCUT2D eigenvalue weighted by atomic mass is 9.39. The molecule has 2 aromatic rings. The van der Waals surface area contributed by atoms with Crippen LogP contribution in [0.4, 0.5) is 0 Å². The van der Waals surface area contributed by atoms with Gasteiger partial charge in [0.15, 0.2) is 40.3 Å². The third-order valence-corrected chi connectivity index (χ3v) is 12.1. The number of phenols is 1. The molecule has 0 aliphatic heterocycles. The van der Waals surface area contributed by atoms with Gasteiger partial charge in [0.2, 0.25) is 0 Å². The summed E-state index contributed by atoms with van der Waals surface area (Å²) in [5.74, 6) is -11.4. The molecule has 2 saturated carbocycles. The summed E-state index contributed by atoms with van der Waals surface area (Å²) in [5, 5.41) is 24.1. The zero-order valence-electron chi connectivity index (χ0n) is 29.0. The first-order valence-electron chi connectivity index (χ1n) is 17.4. The molecule has 3 unspecified atom stereocenters. The largest absolute Gasteiger partial charge is 0.507 e. The zero-order valence-corrected chi connectivity index (χ0v) is 29.0. The number of hydrogen-bond donors (Lipinski definition) is 2. The van der Waals surface area contributed by atoms with Gasteiger partial charge < -0.3 is 10.2 Å². The second-order valence-corrected chi connectivity index (χ2v) is 15.7. The Hall–Kier alpha value is -4.11. The number of carbonyl (C=O) groups is 7. The molecule has 2 aromatic carbocycles. The maximum atomic E-state index is 14.7. The molecule has 4 aliphatic carbocycles. The van der Waals surface area contributed by atoms with Crippen molar-refractivity contribution < 1.29 is 43.8 Å². The van der Waals surface area contributed by atoms with Crippen LogP contribution in [0.5, 0.6) is 5.75 Å². The number of rotatable bonds is 8. The minimum absolute atomic E-state index is 0.0245. The lowest BCUT2D eigenvalue weighted by molar-refractivity contribution is -0.205. The summed E-state index contributed by atoms with van der Waals surface area (Å²) in [6.07, 6.45) is 3.13. The molecule has 0 aromatic heterocycles. The average Bonchev–Trinajstić information content (AvgIpc) is 3.25. The van der Waals surface area contributed by atoms with Crippen molar-refractivity contribution in [2.75, 3.05) is 0 Å². The van der Waals surface area contributed by atoms with Crippen molar-refractivity contribution in [2.45, 2.75) is 92.1 Å². The number of benzene rings is 2. The van der Waals surface area contributed by atoms with Gasteiger partial charge in [-0.1, -0.05) is 77.8 Å². The minimum Gasteiger partial charge on any atom is -0.507 e. The van der Waals surface area contributed by atoms with Crippen LogP contribution in [0, 0.1) is 40.4 Å². The summed E-state index contributed by atoms with van der Waals surface area (Å²) in [5.41, 5.74) is -3.40. The normalized spacial score (nSPS) is 31.1. The molecule has 0 bridgehead atoms. The van der Waals surface area contributed by atoms with E-state index in [1.54, 1.807) is 58.0 Å². The molecule has 49 heavy (non-hydrogen) atoms. The number of aryl methyl sites for hydroxylation is 1. The van der Waals surface area contributed by atoms with Crippen molar-refractivity contribution in [3.63, 3.8) is 0 Å². The first-order chi connectivity index (χ1) is 23.0. The summed E-state index contributed by atoms with van der Waals surface area (Å²) in [6, 6.07) is 8.32. The molecule has 9 nitrogen and oxygen atoms in total. The van der Waals surface area contributed by atoms with Crippen LogP contribution in [-0.2, 0) is 38.4 Å². The fraction of sp³-hybridized carbons (Fsp3) is 0.525. The fourth-order valence-corrected chi connectivity index (χ4v) is 10.1. The zero-order chi connectivity index (χ0) is 36.0. The predicted molar refractivity (Wildman–Crippen MR) is 178 cm³/mol. The van der Waals surface area contributed by atoms with Crippen molar-refractivity contribution in [3.05, 3.63) is 63.7 Å². The number of aliphatic hydroxyl groups is 1. The van der Waals surface area contributed by atoms with Crippen LogP contribution in [0.25, 0.3) is 0 Å². The SMILES string of the molecule is CCCCCc1cc(CC2C(=O)c3ccccc3C2=O)c(O)c2c1C[C@]1(C)C[C@]3(C)C(C(C)C)C(=O)C(C(C)=O)C(=O)[C@]3(O)C(=O)C1C2=O. The van der Waals surface area contributed by atoms with E-state index in [-0.39, 0.29) is 42.0 Å². The Bertz CT molecular complexity index is 1830. The van der Waals surface area contributed by atoms with Gasteiger partial charge in [0.05, 0.1) is 17.4 Å². The Morgan fingerprint density at radius 1 is 0.918 bits per heavy atom. The number of aromatic hydroxyl groups is 1. The molecular formula is C40H44O9. The molecule has 258 valence electrons. The molecule has 0 heterocycles. The third kappa shape index (κ3) is 4.71. The minimum atomic E-state index is -2.78. The standard InChI is InChI=1S/C40H44O9/c1-7-8-9-12-21-15-22(16-25-32(43)23-13-10-11-14-24(23)33(25)44)31(42)28-26(21)17-38(5)18-39(6)29(19(2)3)34(45)27(20(4)41)36(47)40(39,49)37(48)30(38)35(28)46/h10-11,13-15,19,25,27,29-30,42,49H,7-9,12,16-18H2,1-6H3/t27?,29?,30?,38-,39-,40+/m1/s1. The highest BCUT2D eigenvalue weighted by atomic mass is 16.3. The molecular weight excluding hydrogens is 624 g/mol. The quantitative estimate of drug-likeness (QED) is 0.289. The number of unbranched alkanes of at least 4 members (excludes halogenated alkanes) is 2. The van der Waals surface area contributed by atoms with Crippen LogP contribution >= 0.6 is 0 Å². The molecule has 2 N–H and O–H groups in total. The predicted octanol–water partition coefficient (Wildman–Crippen LogP) is 5.06. The van der Waals surface area contributed by atoms with E-state index in [1.807, 2.05) is 0 Å².